The molecule has 0 aliphatic carbocycles. The molecular formula is C20H26N2O4S. The lowest BCUT2D eigenvalue weighted by atomic mass is 10.1. The molecule has 2 aliphatic heterocycles. The summed E-state index contributed by atoms with van der Waals surface area (Å²) in [6, 6.07) is 7.65. The summed E-state index contributed by atoms with van der Waals surface area (Å²) in [7, 11) is -2.87. The smallest absolute Gasteiger partial charge is 0.246 e. The average Bonchev–Trinajstić information content (AvgIpc) is 3.05. The van der Waals surface area contributed by atoms with Crippen molar-refractivity contribution >= 4 is 21.8 Å². The number of hydrogen-bond donors (Lipinski definition) is 0. The molecule has 27 heavy (non-hydrogen) atoms. The molecule has 0 N–H and O–H groups in total. The Morgan fingerprint density at radius 3 is 2.48 bits per heavy atom. The van der Waals surface area contributed by atoms with Crippen LogP contribution in [-0.2, 0) is 14.6 Å². The number of carbonyl (C=O) groups excluding carboxylic acids is 1. The highest BCUT2D eigenvalue weighted by molar-refractivity contribution is 7.91. The Morgan fingerprint density at radius 1 is 1.19 bits per heavy atom. The minimum atomic E-state index is -2.87. The van der Waals surface area contributed by atoms with Crippen LogP contribution in [0.4, 0.5) is 0 Å². The number of carbonyl (C=O) groups is 1. The molecule has 0 spiro atoms. The van der Waals surface area contributed by atoms with Crippen LogP contribution in [0.15, 0.2) is 43.0 Å². The van der Waals surface area contributed by atoms with E-state index in [4.69, 9.17) is 4.74 Å². The third-order valence-corrected chi connectivity index (χ3v) is 6.77. The van der Waals surface area contributed by atoms with Gasteiger partial charge in [-0.2, -0.15) is 0 Å². The van der Waals surface area contributed by atoms with Crippen molar-refractivity contribution in [2.24, 2.45) is 0 Å². The standard InChI is InChI=1S/C20H26N2O4S/c1-2-14-26-19-6-3-17(4-7-19)5-8-20(23)22-12-10-21(11-13-22)18-9-15-27(24,25)16-18/h2-8,18H,1,9-16H2/b8-5+/t18-/m0/s1. The molecule has 0 aromatic heterocycles. The number of piperazine rings is 1. The maximum atomic E-state index is 12.4. The van der Waals surface area contributed by atoms with E-state index < -0.39 is 9.84 Å². The van der Waals surface area contributed by atoms with Crippen molar-refractivity contribution in [3.05, 3.63) is 48.6 Å². The second-order valence-corrected chi connectivity index (χ2v) is 9.15. The highest BCUT2D eigenvalue weighted by atomic mass is 32.2. The number of rotatable bonds is 6. The van der Waals surface area contributed by atoms with E-state index in [1.54, 1.807) is 18.2 Å². The zero-order chi connectivity index (χ0) is 19.3. The van der Waals surface area contributed by atoms with Crippen LogP contribution in [0.5, 0.6) is 5.75 Å². The first-order chi connectivity index (χ1) is 13.0. The molecule has 2 aliphatic rings. The monoisotopic (exact) mass is 390 g/mol. The van der Waals surface area contributed by atoms with Crippen LogP contribution in [0.2, 0.25) is 0 Å². The maximum Gasteiger partial charge on any atom is 0.246 e. The van der Waals surface area contributed by atoms with Crippen molar-refractivity contribution in [3.63, 3.8) is 0 Å². The minimum absolute atomic E-state index is 0.0133. The van der Waals surface area contributed by atoms with Crippen molar-refractivity contribution < 1.29 is 17.9 Å². The van der Waals surface area contributed by atoms with E-state index in [2.05, 4.69) is 11.5 Å². The van der Waals surface area contributed by atoms with Gasteiger partial charge in [0.1, 0.15) is 12.4 Å². The normalized spacial score (nSPS) is 22.8. The number of nitrogens with zero attached hydrogens (tertiary/aromatic N) is 2. The van der Waals surface area contributed by atoms with Crippen LogP contribution >= 0.6 is 0 Å². The summed E-state index contributed by atoms with van der Waals surface area (Å²) in [4.78, 5) is 16.4. The fourth-order valence-corrected chi connectivity index (χ4v) is 5.24. The van der Waals surface area contributed by atoms with Crippen LogP contribution in [-0.4, -0.2) is 74.5 Å². The zero-order valence-electron chi connectivity index (χ0n) is 15.4. The van der Waals surface area contributed by atoms with E-state index in [0.29, 0.717) is 26.1 Å². The third kappa shape index (κ3) is 5.43. The van der Waals surface area contributed by atoms with Gasteiger partial charge in [0.05, 0.1) is 11.5 Å². The Balaban J connectivity index is 1.48. The highest BCUT2D eigenvalue weighted by Gasteiger charge is 2.34. The molecule has 7 heteroatoms. The molecule has 146 valence electrons. The van der Waals surface area contributed by atoms with Crippen LogP contribution in [0.1, 0.15) is 12.0 Å². The molecule has 0 saturated carbocycles. The lowest BCUT2D eigenvalue weighted by Gasteiger charge is -2.37. The summed E-state index contributed by atoms with van der Waals surface area (Å²) in [5.41, 5.74) is 0.934. The molecular weight excluding hydrogens is 364 g/mol. The van der Waals surface area contributed by atoms with E-state index >= 15 is 0 Å². The third-order valence-electron chi connectivity index (χ3n) is 5.02. The molecule has 2 heterocycles. The molecule has 1 amide bonds. The molecule has 0 radical (unpaired) electrons. The second kappa shape index (κ2) is 8.71. The number of sulfone groups is 1. The van der Waals surface area contributed by atoms with Gasteiger partial charge in [0.15, 0.2) is 9.84 Å². The Labute approximate surface area is 161 Å². The van der Waals surface area contributed by atoms with Crippen LogP contribution < -0.4 is 4.74 Å². The van der Waals surface area contributed by atoms with Crippen molar-refractivity contribution in [3.8, 4) is 5.75 Å². The summed E-state index contributed by atoms with van der Waals surface area (Å²) < 4.78 is 28.7. The Hall–Kier alpha value is -2.12. The minimum Gasteiger partial charge on any atom is -0.490 e. The first-order valence-electron chi connectivity index (χ1n) is 9.22. The first-order valence-corrected chi connectivity index (χ1v) is 11.0. The SMILES string of the molecule is C=CCOc1ccc(/C=C/C(=O)N2CCN([C@H]3CCS(=O)(=O)C3)CC2)cc1. The predicted molar refractivity (Wildman–Crippen MR) is 106 cm³/mol. The van der Waals surface area contributed by atoms with Gasteiger partial charge in [-0.1, -0.05) is 24.8 Å². The topological polar surface area (TPSA) is 66.9 Å². The molecule has 2 fully saturated rings. The summed E-state index contributed by atoms with van der Waals surface area (Å²) in [5, 5.41) is 0. The Bertz CT molecular complexity index is 794. The largest absolute Gasteiger partial charge is 0.490 e. The lowest BCUT2D eigenvalue weighted by molar-refractivity contribution is -0.127. The summed E-state index contributed by atoms with van der Waals surface area (Å²) in [6.07, 6.45) is 5.80. The van der Waals surface area contributed by atoms with E-state index in [-0.39, 0.29) is 23.5 Å². The number of amides is 1. The Morgan fingerprint density at radius 2 is 1.89 bits per heavy atom. The lowest BCUT2D eigenvalue weighted by Crippen LogP contribution is -2.52. The number of hydrogen-bond acceptors (Lipinski definition) is 5. The molecule has 1 aromatic rings. The van der Waals surface area contributed by atoms with Crippen molar-refractivity contribution in [2.45, 2.75) is 12.5 Å². The van der Waals surface area contributed by atoms with E-state index in [0.717, 1.165) is 24.4 Å². The van der Waals surface area contributed by atoms with Gasteiger partial charge in [-0.15, -0.1) is 0 Å². The van der Waals surface area contributed by atoms with Crippen LogP contribution in [0, 0.1) is 0 Å². The van der Waals surface area contributed by atoms with Gasteiger partial charge in [-0.3, -0.25) is 9.69 Å². The van der Waals surface area contributed by atoms with Gasteiger partial charge in [0.2, 0.25) is 5.91 Å². The zero-order valence-corrected chi connectivity index (χ0v) is 16.2. The molecule has 1 atom stereocenters. The number of benzene rings is 1. The van der Waals surface area contributed by atoms with Crippen LogP contribution in [0.3, 0.4) is 0 Å². The van der Waals surface area contributed by atoms with E-state index in [9.17, 15) is 13.2 Å². The quantitative estimate of drug-likeness (QED) is 0.545. The van der Waals surface area contributed by atoms with Gasteiger partial charge in [-0.25, -0.2) is 8.42 Å². The maximum absolute atomic E-state index is 12.4. The van der Waals surface area contributed by atoms with Gasteiger partial charge in [0.25, 0.3) is 0 Å². The van der Waals surface area contributed by atoms with Crippen LogP contribution in [0.25, 0.3) is 6.08 Å². The summed E-state index contributed by atoms with van der Waals surface area (Å²) in [6.45, 7) is 6.80. The Kier molecular flexibility index (Phi) is 6.34. The van der Waals surface area contributed by atoms with E-state index in [1.807, 2.05) is 29.2 Å². The van der Waals surface area contributed by atoms with Gasteiger partial charge < -0.3 is 9.64 Å². The van der Waals surface area contributed by atoms with Crippen molar-refractivity contribution in [1.82, 2.24) is 9.80 Å². The summed E-state index contributed by atoms with van der Waals surface area (Å²) in [5.74, 6) is 1.30. The average molecular weight is 391 g/mol. The fourth-order valence-electron chi connectivity index (χ4n) is 3.47. The van der Waals surface area contributed by atoms with Crippen molar-refractivity contribution in [2.75, 3.05) is 44.3 Å². The highest BCUT2D eigenvalue weighted by Crippen LogP contribution is 2.19. The molecule has 1 aromatic carbocycles. The fraction of sp³-hybridized carbons (Fsp3) is 0.450. The van der Waals surface area contributed by atoms with Crippen molar-refractivity contribution in [1.29, 1.82) is 0 Å². The molecule has 0 bridgehead atoms. The molecule has 6 nitrogen and oxygen atoms in total. The van der Waals surface area contributed by atoms with Gasteiger partial charge in [-0.05, 0) is 30.2 Å². The second-order valence-electron chi connectivity index (χ2n) is 6.92. The summed E-state index contributed by atoms with van der Waals surface area (Å²) >= 11 is 0. The molecule has 0 unspecified atom stereocenters. The number of ether oxygens (including phenoxy) is 1. The first kappa shape index (κ1) is 19.6. The van der Waals surface area contributed by atoms with Gasteiger partial charge >= 0.3 is 0 Å². The molecule has 3 rings (SSSR count). The molecule has 2 saturated heterocycles. The van der Waals surface area contributed by atoms with Gasteiger partial charge in [0, 0.05) is 38.3 Å². The van der Waals surface area contributed by atoms with E-state index in [1.165, 1.54) is 0 Å². The predicted octanol–water partition coefficient (Wildman–Crippen LogP) is 1.60.